The first-order valence-corrected chi connectivity index (χ1v) is 12.2. The standard InChI is InChI=1S/C19H36O3Si/c1-18(2,3)23(4,5)22-17-9-6-8-15-14-16(21)10-12-19(15,17)11-7-13-20/h14,16-17,20-21H,6-13H2,1-5H3/t16?,17-,19-/m0/s1. The lowest BCUT2D eigenvalue weighted by molar-refractivity contribution is 0.00217. The van der Waals surface area contributed by atoms with E-state index in [4.69, 9.17) is 4.43 Å². The van der Waals surface area contributed by atoms with Crippen LogP contribution in [0.25, 0.3) is 0 Å². The molecule has 0 aromatic rings. The third kappa shape index (κ3) is 3.92. The SMILES string of the molecule is CC(C)(C)[Si](C)(C)O[C@H]1CCCC2=CC(O)CC[C@@]21CCCO. The lowest BCUT2D eigenvalue weighted by Gasteiger charge is -2.52. The summed E-state index contributed by atoms with van der Waals surface area (Å²) in [5.41, 5.74) is 1.45. The minimum Gasteiger partial charge on any atom is -0.413 e. The Bertz CT molecular complexity index is 438. The smallest absolute Gasteiger partial charge is 0.192 e. The Morgan fingerprint density at radius 3 is 2.61 bits per heavy atom. The molecule has 0 bridgehead atoms. The van der Waals surface area contributed by atoms with E-state index in [-0.39, 0.29) is 29.3 Å². The Morgan fingerprint density at radius 2 is 2.00 bits per heavy atom. The number of aliphatic hydroxyl groups is 2. The molecule has 0 aromatic heterocycles. The van der Waals surface area contributed by atoms with Gasteiger partial charge in [0.15, 0.2) is 8.32 Å². The molecule has 2 aliphatic rings. The predicted octanol–water partition coefficient (Wildman–Crippen LogP) is 4.40. The van der Waals surface area contributed by atoms with E-state index < -0.39 is 8.32 Å². The van der Waals surface area contributed by atoms with Crippen molar-refractivity contribution in [2.24, 2.45) is 5.41 Å². The summed E-state index contributed by atoms with van der Waals surface area (Å²) in [6, 6.07) is 0. The van der Waals surface area contributed by atoms with E-state index in [1.807, 2.05) is 0 Å². The third-order valence-electron chi connectivity index (χ3n) is 6.47. The molecule has 0 heterocycles. The van der Waals surface area contributed by atoms with Crippen molar-refractivity contribution in [1.82, 2.24) is 0 Å². The Morgan fingerprint density at radius 1 is 1.30 bits per heavy atom. The molecule has 1 saturated carbocycles. The maximum Gasteiger partial charge on any atom is 0.192 e. The number of hydrogen-bond donors (Lipinski definition) is 2. The van der Waals surface area contributed by atoms with Gasteiger partial charge in [-0.3, -0.25) is 0 Å². The first kappa shape index (κ1) is 19.2. The van der Waals surface area contributed by atoms with E-state index in [1.165, 1.54) is 5.57 Å². The molecule has 4 heteroatoms. The van der Waals surface area contributed by atoms with E-state index in [0.717, 1.165) is 44.9 Å². The van der Waals surface area contributed by atoms with Crippen molar-refractivity contribution in [1.29, 1.82) is 0 Å². The van der Waals surface area contributed by atoms with Crippen LogP contribution in [-0.4, -0.2) is 37.3 Å². The van der Waals surface area contributed by atoms with Gasteiger partial charge in [0, 0.05) is 12.0 Å². The van der Waals surface area contributed by atoms with E-state index in [1.54, 1.807) is 0 Å². The number of rotatable bonds is 5. The molecule has 0 spiro atoms. The van der Waals surface area contributed by atoms with Crippen LogP contribution in [0.15, 0.2) is 11.6 Å². The van der Waals surface area contributed by atoms with Crippen molar-refractivity contribution in [2.45, 2.75) is 96.1 Å². The maximum absolute atomic E-state index is 10.1. The van der Waals surface area contributed by atoms with Crippen LogP contribution < -0.4 is 0 Å². The summed E-state index contributed by atoms with van der Waals surface area (Å²) in [4.78, 5) is 0. The van der Waals surface area contributed by atoms with Crippen LogP contribution in [0.3, 0.4) is 0 Å². The normalized spacial score (nSPS) is 32.4. The highest BCUT2D eigenvalue weighted by atomic mass is 28.4. The fraction of sp³-hybridized carbons (Fsp3) is 0.895. The zero-order valence-corrected chi connectivity index (χ0v) is 16.7. The molecule has 1 unspecified atom stereocenters. The Balaban J connectivity index is 2.31. The summed E-state index contributed by atoms with van der Waals surface area (Å²) in [6.07, 6.45) is 9.05. The minimum absolute atomic E-state index is 0.0513. The van der Waals surface area contributed by atoms with E-state index in [2.05, 4.69) is 39.9 Å². The zero-order chi connectivity index (χ0) is 17.3. The van der Waals surface area contributed by atoms with E-state index in [9.17, 15) is 10.2 Å². The van der Waals surface area contributed by atoms with Crippen molar-refractivity contribution in [2.75, 3.05) is 6.61 Å². The summed E-state index contributed by atoms with van der Waals surface area (Å²) < 4.78 is 6.88. The molecule has 1 fully saturated rings. The summed E-state index contributed by atoms with van der Waals surface area (Å²) in [5.74, 6) is 0. The number of hydrogen-bond acceptors (Lipinski definition) is 3. The number of aliphatic hydroxyl groups excluding tert-OH is 2. The van der Waals surface area contributed by atoms with Crippen LogP contribution >= 0.6 is 0 Å². The molecule has 2 rings (SSSR count). The second-order valence-corrected chi connectivity index (χ2v) is 13.8. The quantitative estimate of drug-likeness (QED) is 0.576. The van der Waals surface area contributed by atoms with Crippen LogP contribution in [0.4, 0.5) is 0 Å². The molecule has 23 heavy (non-hydrogen) atoms. The van der Waals surface area contributed by atoms with Crippen molar-refractivity contribution in [3.8, 4) is 0 Å². The van der Waals surface area contributed by atoms with Gasteiger partial charge >= 0.3 is 0 Å². The van der Waals surface area contributed by atoms with Gasteiger partial charge in [-0.15, -0.1) is 0 Å². The first-order chi connectivity index (χ1) is 10.6. The predicted molar refractivity (Wildman–Crippen MR) is 98.0 cm³/mol. The van der Waals surface area contributed by atoms with Crippen LogP contribution in [0, 0.1) is 5.41 Å². The highest BCUT2D eigenvalue weighted by Crippen LogP contribution is 2.53. The van der Waals surface area contributed by atoms with Crippen molar-refractivity contribution in [3.63, 3.8) is 0 Å². The summed E-state index contributed by atoms with van der Waals surface area (Å²) in [6.45, 7) is 11.8. The molecule has 3 atom stereocenters. The lowest BCUT2D eigenvalue weighted by atomic mass is 9.60. The molecule has 2 N–H and O–H groups in total. The van der Waals surface area contributed by atoms with Gasteiger partial charge in [0.2, 0.25) is 0 Å². The molecule has 0 aromatic carbocycles. The largest absolute Gasteiger partial charge is 0.413 e. The number of fused-ring (bicyclic) bond motifs is 1. The van der Waals surface area contributed by atoms with Gasteiger partial charge in [-0.05, 0) is 63.1 Å². The van der Waals surface area contributed by atoms with Crippen LogP contribution in [0.2, 0.25) is 18.1 Å². The molecule has 0 saturated heterocycles. The van der Waals surface area contributed by atoms with E-state index in [0.29, 0.717) is 0 Å². The van der Waals surface area contributed by atoms with Gasteiger partial charge in [-0.1, -0.05) is 32.4 Å². The van der Waals surface area contributed by atoms with Crippen molar-refractivity contribution < 1.29 is 14.6 Å². The Hall–Kier alpha value is -0.163. The van der Waals surface area contributed by atoms with Gasteiger partial charge in [-0.2, -0.15) is 0 Å². The van der Waals surface area contributed by atoms with Gasteiger partial charge in [0.05, 0.1) is 12.2 Å². The van der Waals surface area contributed by atoms with Crippen LogP contribution in [0.1, 0.15) is 65.7 Å². The fourth-order valence-corrected chi connectivity index (χ4v) is 5.46. The molecule has 2 aliphatic carbocycles. The van der Waals surface area contributed by atoms with Gasteiger partial charge in [0.25, 0.3) is 0 Å². The highest BCUT2D eigenvalue weighted by molar-refractivity contribution is 6.74. The molecule has 0 radical (unpaired) electrons. The van der Waals surface area contributed by atoms with Gasteiger partial charge < -0.3 is 14.6 Å². The maximum atomic E-state index is 10.1. The average Bonchev–Trinajstić information content (AvgIpc) is 2.44. The molecule has 3 nitrogen and oxygen atoms in total. The molecule has 0 aliphatic heterocycles. The zero-order valence-electron chi connectivity index (χ0n) is 15.7. The molecule has 0 amide bonds. The minimum atomic E-state index is -1.82. The van der Waals surface area contributed by atoms with Crippen LogP contribution in [-0.2, 0) is 4.43 Å². The second-order valence-electron chi connectivity index (χ2n) is 9.04. The van der Waals surface area contributed by atoms with Crippen LogP contribution in [0.5, 0.6) is 0 Å². The summed E-state index contributed by atoms with van der Waals surface area (Å²) in [5, 5.41) is 19.7. The lowest BCUT2D eigenvalue weighted by Crippen LogP contribution is -2.52. The van der Waals surface area contributed by atoms with E-state index >= 15 is 0 Å². The molecular formula is C19H36O3Si. The third-order valence-corrected chi connectivity index (χ3v) is 11.0. The summed E-state index contributed by atoms with van der Waals surface area (Å²) in [7, 11) is -1.82. The second kappa shape index (κ2) is 6.99. The monoisotopic (exact) mass is 340 g/mol. The topological polar surface area (TPSA) is 49.7 Å². The summed E-state index contributed by atoms with van der Waals surface area (Å²) >= 11 is 0. The highest BCUT2D eigenvalue weighted by Gasteiger charge is 2.50. The fourth-order valence-electron chi connectivity index (χ4n) is 4.05. The van der Waals surface area contributed by atoms with Gasteiger partial charge in [0.1, 0.15) is 0 Å². The van der Waals surface area contributed by atoms with Crippen molar-refractivity contribution >= 4 is 8.32 Å². The molecular weight excluding hydrogens is 304 g/mol. The first-order valence-electron chi connectivity index (χ1n) is 9.30. The van der Waals surface area contributed by atoms with Gasteiger partial charge in [-0.25, -0.2) is 0 Å². The Labute approximate surface area is 143 Å². The Kier molecular flexibility index (Phi) is 5.82. The average molecular weight is 341 g/mol. The molecule has 134 valence electrons. The van der Waals surface area contributed by atoms with Crippen molar-refractivity contribution in [3.05, 3.63) is 11.6 Å².